The molecule has 0 aromatic carbocycles. The minimum atomic E-state index is 0.130. The molecule has 2 rings (SSSR count). The third-order valence-corrected chi connectivity index (χ3v) is 3.19. The van der Waals surface area contributed by atoms with Gasteiger partial charge in [-0.1, -0.05) is 13.8 Å². The van der Waals surface area contributed by atoms with Crippen LogP contribution in [0, 0.1) is 12.8 Å². The van der Waals surface area contributed by atoms with Crippen molar-refractivity contribution < 1.29 is 4.42 Å². The Hall–Kier alpha value is -1.62. The molecule has 0 radical (unpaired) electrons. The summed E-state index contributed by atoms with van der Waals surface area (Å²) in [7, 11) is 1.94. The lowest BCUT2D eigenvalue weighted by Crippen LogP contribution is -2.22. The van der Waals surface area contributed by atoms with Gasteiger partial charge in [-0.25, -0.2) is 9.67 Å². The van der Waals surface area contributed by atoms with Gasteiger partial charge in [0.25, 0.3) is 0 Å². The van der Waals surface area contributed by atoms with Crippen molar-refractivity contribution in [2.45, 2.75) is 39.8 Å². The first kappa shape index (κ1) is 13.8. The van der Waals surface area contributed by atoms with Crippen molar-refractivity contribution in [3.63, 3.8) is 0 Å². The molecule has 1 N–H and O–H groups in total. The summed E-state index contributed by atoms with van der Waals surface area (Å²) < 4.78 is 7.55. The predicted molar refractivity (Wildman–Crippen MR) is 73.8 cm³/mol. The van der Waals surface area contributed by atoms with E-state index in [0.29, 0.717) is 5.92 Å². The van der Waals surface area contributed by atoms with E-state index in [0.717, 1.165) is 30.1 Å². The van der Waals surface area contributed by atoms with E-state index in [1.54, 1.807) is 12.6 Å². The average Bonchev–Trinajstić information content (AvgIpc) is 2.95. The fourth-order valence-electron chi connectivity index (χ4n) is 2.19. The fraction of sp³-hybridized carbons (Fsp3) is 0.571. The molecule has 0 saturated heterocycles. The van der Waals surface area contributed by atoms with E-state index >= 15 is 0 Å². The van der Waals surface area contributed by atoms with Crippen molar-refractivity contribution in [2.24, 2.45) is 5.92 Å². The van der Waals surface area contributed by atoms with Crippen LogP contribution in [0.15, 0.2) is 23.1 Å². The molecule has 0 spiro atoms. The predicted octanol–water partition coefficient (Wildman–Crippen LogP) is 2.34. The van der Waals surface area contributed by atoms with Crippen LogP contribution in [0.1, 0.15) is 37.0 Å². The van der Waals surface area contributed by atoms with Crippen LogP contribution in [0.2, 0.25) is 0 Å². The number of likely N-dealkylation sites (N-methyl/N-ethyl adjacent to an activating group) is 1. The molecule has 1 atom stereocenters. The SMILES string of the molecule is CNC(Cc1ncnn1CC(C)C)c1occc1C. The molecular formula is C14H22N4O. The van der Waals surface area contributed by atoms with E-state index in [9.17, 15) is 0 Å². The first-order chi connectivity index (χ1) is 9.11. The van der Waals surface area contributed by atoms with Crippen molar-refractivity contribution in [3.05, 3.63) is 35.8 Å². The molecule has 0 aliphatic carbocycles. The molecule has 1 unspecified atom stereocenters. The first-order valence-corrected chi connectivity index (χ1v) is 6.69. The molecule has 0 fully saturated rings. The fourth-order valence-corrected chi connectivity index (χ4v) is 2.19. The van der Waals surface area contributed by atoms with Crippen molar-refractivity contribution >= 4 is 0 Å². The van der Waals surface area contributed by atoms with Gasteiger partial charge in [-0.05, 0) is 31.5 Å². The summed E-state index contributed by atoms with van der Waals surface area (Å²) in [4.78, 5) is 4.37. The highest BCUT2D eigenvalue weighted by molar-refractivity contribution is 5.19. The normalized spacial score (nSPS) is 13.1. The zero-order chi connectivity index (χ0) is 13.8. The van der Waals surface area contributed by atoms with Crippen molar-refractivity contribution in [1.29, 1.82) is 0 Å². The lowest BCUT2D eigenvalue weighted by molar-refractivity contribution is 0.405. The highest BCUT2D eigenvalue weighted by Gasteiger charge is 2.19. The molecule has 0 bridgehead atoms. The lowest BCUT2D eigenvalue weighted by atomic mass is 10.1. The Balaban J connectivity index is 2.15. The molecule has 0 saturated carbocycles. The molecule has 5 heteroatoms. The summed E-state index contributed by atoms with van der Waals surface area (Å²) in [6, 6.07) is 2.11. The zero-order valence-electron chi connectivity index (χ0n) is 12.1. The average molecular weight is 262 g/mol. The summed E-state index contributed by atoms with van der Waals surface area (Å²) in [5, 5.41) is 7.58. The molecule has 0 aliphatic heterocycles. The summed E-state index contributed by atoms with van der Waals surface area (Å²) >= 11 is 0. The van der Waals surface area contributed by atoms with E-state index in [4.69, 9.17) is 4.42 Å². The molecule has 0 amide bonds. The summed E-state index contributed by atoms with van der Waals surface area (Å²) in [6.45, 7) is 7.31. The number of furan rings is 1. The Morgan fingerprint density at radius 3 is 2.79 bits per heavy atom. The van der Waals surface area contributed by atoms with Gasteiger partial charge in [0, 0.05) is 13.0 Å². The van der Waals surface area contributed by atoms with Crippen LogP contribution in [-0.4, -0.2) is 21.8 Å². The van der Waals surface area contributed by atoms with Crippen LogP contribution in [0.4, 0.5) is 0 Å². The van der Waals surface area contributed by atoms with E-state index in [-0.39, 0.29) is 6.04 Å². The Kier molecular flexibility index (Phi) is 4.37. The van der Waals surface area contributed by atoms with Gasteiger partial charge in [-0.2, -0.15) is 5.10 Å². The van der Waals surface area contributed by atoms with Crippen LogP contribution < -0.4 is 5.32 Å². The standard InChI is InChI=1S/C14H22N4O/c1-10(2)8-18-13(16-9-17-18)7-12(15-4)14-11(3)5-6-19-14/h5-6,9-10,12,15H,7-8H2,1-4H3. The molecule has 0 aliphatic rings. The Bertz CT molecular complexity index is 515. The number of nitrogens with one attached hydrogen (secondary N) is 1. The number of nitrogens with zero attached hydrogens (tertiary/aromatic N) is 3. The molecule has 104 valence electrons. The van der Waals surface area contributed by atoms with Crippen molar-refractivity contribution in [3.8, 4) is 0 Å². The van der Waals surface area contributed by atoms with Crippen LogP contribution >= 0.6 is 0 Å². The van der Waals surface area contributed by atoms with Crippen LogP contribution in [0.5, 0.6) is 0 Å². The minimum Gasteiger partial charge on any atom is -0.467 e. The monoisotopic (exact) mass is 262 g/mol. The molecule has 2 aromatic rings. The van der Waals surface area contributed by atoms with Crippen molar-refractivity contribution in [1.82, 2.24) is 20.1 Å². The van der Waals surface area contributed by atoms with E-state index in [1.165, 1.54) is 0 Å². The van der Waals surface area contributed by atoms with Gasteiger partial charge in [-0.15, -0.1) is 0 Å². The van der Waals surface area contributed by atoms with Gasteiger partial charge in [0.05, 0.1) is 12.3 Å². The number of hydrogen-bond donors (Lipinski definition) is 1. The lowest BCUT2D eigenvalue weighted by Gasteiger charge is -2.15. The highest BCUT2D eigenvalue weighted by Crippen LogP contribution is 2.21. The zero-order valence-corrected chi connectivity index (χ0v) is 12.1. The Labute approximate surface area is 114 Å². The maximum absolute atomic E-state index is 5.57. The summed E-state index contributed by atoms with van der Waals surface area (Å²) in [5.74, 6) is 2.52. The molecule has 5 nitrogen and oxygen atoms in total. The Morgan fingerprint density at radius 1 is 1.42 bits per heavy atom. The minimum absolute atomic E-state index is 0.130. The number of aryl methyl sites for hydroxylation is 1. The molecule has 2 heterocycles. The van der Waals surface area contributed by atoms with E-state index < -0.39 is 0 Å². The highest BCUT2D eigenvalue weighted by atomic mass is 16.3. The number of rotatable bonds is 6. The smallest absolute Gasteiger partial charge is 0.138 e. The van der Waals surface area contributed by atoms with Gasteiger partial charge in [-0.3, -0.25) is 0 Å². The second-order valence-corrected chi connectivity index (χ2v) is 5.27. The third kappa shape index (κ3) is 3.23. The van der Waals surface area contributed by atoms with E-state index in [1.807, 2.05) is 17.8 Å². The molecule has 19 heavy (non-hydrogen) atoms. The second kappa shape index (κ2) is 6.02. The Morgan fingerprint density at radius 2 is 2.21 bits per heavy atom. The van der Waals surface area contributed by atoms with E-state index in [2.05, 4.69) is 36.2 Å². The maximum Gasteiger partial charge on any atom is 0.138 e. The molecule has 2 aromatic heterocycles. The second-order valence-electron chi connectivity index (χ2n) is 5.27. The van der Waals surface area contributed by atoms with Gasteiger partial charge in [0.1, 0.15) is 17.9 Å². The first-order valence-electron chi connectivity index (χ1n) is 6.69. The van der Waals surface area contributed by atoms with Gasteiger partial charge in [0.2, 0.25) is 0 Å². The third-order valence-electron chi connectivity index (χ3n) is 3.19. The topological polar surface area (TPSA) is 55.9 Å². The van der Waals surface area contributed by atoms with Crippen LogP contribution in [0.25, 0.3) is 0 Å². The van der Waals surface area contributed by atoms with Gasteiger partial charge >= 0.3 is 0 Å². The maximum atomic E-state index is 5.57. The van der Waals surface area contributed by atoms with Gasteiger partial charge < -0.3 is 9.73 Å². The summed E-state index contributed by atoms with van der Waals surface area (Å²) in [5.41, 5.74) is 1.16. The quantitative estimate of drug-likeness (QED) is 0.868. The van der Waals surface area contributed by atoms with Crippen LogP contribution in [0.3, 0.4) is 0 Å². The van der Waals surface area contributed by atoms with Crippen molar-refractivity contribution in [2.75, 3.05) is 7.05 Å². The molecular weight excluding hydrogens is 240 g/mol. The van der Waals surface area contributed by atoms with Gasteiger partial charge in [0.15, 0.2) is 0 Å². The van der Waals surface area contributed by atoms with Crippen LogP contribution in [-0.2, 0) is 13.0 Å². The number of aromatic nitrogens is 3. The number of hydrogen-bond acceptors (Lipinski definition) is 4. The largest absolute Gasteiger partial charge is 0.467 e. The summed E-state index contributed by atoms with van der Waals surface area (Å²) in [6.07, 6.45) is 4.13.